The smallest absolute Gasteiger partial charge is 0.258 e. The molecule has 1 amide bonds. The normalized spacial score (nSPS) is 23.9. The highest BCUT2D eigenvalue weighted by atomic mass is 35.5. The first-order chi connectivity index (χ1) is 16.4. The van der Waals surface area contributed by atoms with Gasteiger partial charge in [0.05, 0.1) is 40.8 Å². The summed E-state index contributed by atoms with van der Waals surface area (Å²) in [6.07, 6.45) is 5.23. The molecule has 9 heteroatoms. The fourth-order valence-corrected chi connectivity index (χ4v) is 5.81. The number of carbonyl (C=O) groups is 1. The molecule has 2 bridgehead atoms. The highest BCUT2D eigenvalue weighted by molar-refractivity contribution is 6.31. The van der Waals surface area contributed by atoms with E-state index < -0.39 is 5.82 Å². The fourth-order valence-electron chi connectivity index (χ4n) is 5.69. The molecule has 2 saturated heterocycles. The van der Waals surface area contributed by atoms with Crippen molar-refractivity contribution < 1.29 is 13.9 Å². The number of nitrogens with zero attached hydrogens (tertiary/aromatic N) is 4. The van der Waals surface area contributed by atoms with Crippen molar-refractivity contribution in [2.24, 2.45) is 0 Å². The molecule has 2 fully saturated rings. The maximum absolute atomic E-state index is 14.2. The molecule has 5 heterocycles. The SMILES string of the molecule is Cc1nc2c3c(nn2c(C)c1Cl)CN(C(=O)c1ccc(F)cc1OC1C[C@H]2CCC[C@@H](C1)N2)C3. The number of benzene rings is 1. The van der Waals surface area contributed by atoms with Crippen molar-refractivity contribution >= 4 is 23.2 Å². The third kappa shape index (κ3) is 3.64. The molecule has 3 aliphatic heterocycles. The van der Waals surface area contributed by atoms with Crippen LogP contribution in [0.3, 0.4) is 0 Å². The Hall–Kier alpha value is -2.71. The predicted molar refractivity (Wildman–Crippen MR) is 126 cm³/mol. The van der Waals surface area contributed by atoms with E-state index >= 15 is 0 Å². The number of aromatic nitrogens is 3. The summed E-state index contributed by atoms with van der Waals surface area (Å²) in [4.78, 5) is 19.9. The van der Waals surface area contributed by atoms with E-state index in [4.69, 9.17) is 16.3 Å². The Labute approximate surface area is 202 Å². The Kier molecular flexibility index (Phi) is 5.26. The highest BCUT2D eigenvalue weighted by Crippen LogP contribution is 2.34. The molecule has 0 spiro atoms. The maximum Gasteiger partial charge on any atom is 0.258 e. The quantitative estimate of drug-likeness (QED) is 0.599. The van der Waals surface area contributed by atoms with Gasteiger partial charge in [0.25, 0.3) is 5.91 Å². The van der Waals surface area contributed by atoms with Crippen molar-refractivity contribution in [3.8, 4) is 5.75 Å². The van der Waals surface area contributed by atoms with Crippen LogP contribution in [0.4, 0.5) is 4.39 Å². The molecular weight excluding hydrogens is 457 g/mol. The van der Waals surface area contributed by atoms with Gasteiger partial charge in [-0.1, -0.05) is 18.0 Å². The average molecular weight is 484 g/mol. The molecule has 0 aliphatic carbocycles. The molecule has 1 aromatic carbocycles. The first-order valence-electron chi connectivity index (χ1n) is 11.9. The van der Waals surface area contributed by atoms with E-state index in [-0.39, 0.29) is 12.0 Å². The van der Waals surface area contributed by atoms with E-state index in [9.17, 15) is 9.18 Å². The Morgan fingerprint density at radius 3 is 2.74 bits per heavy atom. The van der Waals surface area contributed by atoms with E-state index in [1.807, 2.05) is 13.8 Å². The molecule has 34 heavy (non-hydrogen) atoms. The van der Waals surface area contributed by atoms with Crippen molar-refractivity contribution in [2.45, 2.75) is 77.2 Å². The van der Waals surface area contributed by atoms with Gasteiger partial charge in [-0.05, 0) is 51.7 Å². The molecule has 1 unspecified atom stereocenters. The summed E-state index contributed by atoms with van der Waals surface area (Å²) in [5.41, 5.74) is 4.41. The zero-order valence-electron chi connectivity index (χ0n) is 19.3. The summed E-state index contributed by atoms with van der Waals surface area (Å²) in [5.74, 6) is -0.275. The zero-order valence-corrected chi connectivity index (χ0v) is 20.0. The Morgan fingerprint density at radius 2 is 1.97 bits per heavy atom. The summed E-state index contributed by atoms with van der Waals surface area (Å²) in [7, 11) is 0. The van der Waals surface area contributed by atoms with Gasteiger partial charge >= 0.3 is 0 Å². The number of hydrogen-bond donors (Lipinski definition) is 1. The lowest BCUT2D eigenvalue weighted by Gasteiger charge is -2.40. The average Bonchev–Trinajstić information content (AvgIpc) is 3.36. The molecule has 0 radical (unpaired) electrons. The van der Waals surface area contributed by atoms with Gasteiger partial charge in [0.2, 0.25) is 0 Å². The molecule has 3 atom stereocenters. The van der Waals surface area contributed by atoms with Crippen molar-refractivity contribution in [1.29, 1.82) is 0 Å². The molecule has 3 aromatic rings. The van der Waals surface area contributed by atoms with E-state index in [1.54, 1.807) is 9.42 Å². The van der Waals surface area contributed by atoms with Gasteiger partial charge in [0, 0.05) is 23.7 Å². The van der Waals surface area contributed by atoms with Gasteiger partial charge in [0.1, 0.15) is 17.7 Å². The van der Waals surface area contributed by atoms with Crippen LogP contribution in [0.2, 0.25) is 5.02 Å². The van der Waals surface area contributed by atoms with Gasteiger partial charge in [-0.2, -0.15) is 5.10 Å². The lowest BCUT2D eigenvalue weighted by atomic mass is 9.85. The van der Waals surface area contributed by atoms with Gasteiger partial charge in [-0.3, -0.25) is 4.79 Å². The highest BCUT2D eigenvalue weighted by Gasteiger charge is 2.35. The molecule has 2 aromatic heterocycles. The standard InChI is InChI=1S/C25H27ClFN5O2/c1-13-23(26)14(2)32-24(28-13)20-11-31(12-21(20)30-32)25(33)19-7-6-15(27)8-22(19)34-18-9-16-4-3-5-17(10-18)29-16/h6-8,16-18,29H,3-5,9-12H2,1-2H3/t16-,17+,18?. The minimum Gasteiger partial charge on any atom is -0.489 e. The monoisotopic (exact) mass is 483 g/mol. The molecule has 7 nitrogen and oxygen atoms in total. The predicted octanol–water partition coefficient (Wildman–Crippen LogP) is 4.35. The summed E-state index contributed by atoms with van der Waals surface area (Å²) in [6.45, 7) is 4.53. The van der Waals surface area contributed by atoms with Crippen LogP contribution in [0, 0.1) is 19.7 Å². The molecule has 3 aliphatic rings. The topological polar surface area (TPSA) is 71.8 Å². The molecule has 6 rings (SSSR count). The maximum atomic E-state index is 14.2. The Bertz CT molecular complexity index is 1300. The fraction of sp³-hybridized carbons (Fsp3) is 0.480. The number of aryl methyl sites for hydroxylation is 2. The van der Waals surface area contributed by atoms with Crippen LogP contribution in [-0.4, -0.2) is 43.6 Å². The second-order valence-corrected chi connectivity index (χ2v) is 10.1. The minimum absolute atomic E-state index is 0.0233. The summed E-state index contributed by atoms with van der Waals surface area (Å²) in [5, 5.41) is 8.90. The van der Waals surface area contributed by atoms with Crippen molar-refractivity contribution in [3.63, 3.8) is 0 Å². The van der Waals surface area contributed by atoms with Crippen LogP contribution in [0.15, 0.2) is 18.2 Å². The molecular formula is C25H27ClFN5O2. The van der Waals surface area contributed by atoms with Crippen molar-refractivity contribution in [1.82, 2.24) is 24.8 Å². The first-order valence-corrected chi connectivity index (χ1v) is 12.3. The number of carbonyl (C=O) groups excluding carboxylic acids is 1. The summed E-state index contributed by atoms with van der Waals surface area (Å²) >= 11 is 6.34. The van der Waals surface area contributed by atoms with Crippen LogP contribution in [0.25, 0.3) is 5.65 Å². The molecule has 0 saturated carbocycles. The Morgan fingerprint density at radius 1 is 1.21 bits per heavy atom. The summed E-state index contributed by atoms with van der Waals surface area (Å²) < 4.78 is 22.2. The number of piperidine rings is 2. The molecule has 1 N–H and O–H groups in total. The van der Waals surface area contributed by atoms with Crippen LogP contribution >= 0.6 is 11.6 Å². The van der Waals surface area contributed by atoms with Gasteiger partial charge in [0.15, 0.2) is 5.65 Å². The number of nitrogens with one attached hydrogen (secondary N) is 1. The third-order valence-electron chi connectivity index (χ3n) is 7.38. The zero-order chi connectivity index (χ0) is 23.6. The second-order valence-electron chi connectivity index (χ2n) is 9.76. The molecule has 178 valence electrons. The van der Waals surface area contributed by atoms with E-state index in [2.05, 4.69) is 15.4 Å². The lowest BCUT2D eigenvalue weighted by molar-refractivity contribution is 0.0720. The minimum atomic E-state index is -0.407. The number of rotatable bonds is 3. The number of halogens is 2. The van der Waals surface area contributed by atoms with Crippen LogP contribution < -0.4 is 10.1 Å². The van der Waals surface area contributed by atoms with E-state index in [1.165, 1.54) is 24.6 Å². The second kappa shape index (κ2) is 8.20. The number of ether oxygens (including phenoxy) is 1. The number of hydrogen-bond acceptors (Lipinski definition) is 5. The third-order valence-corrected chi connectivity index (χ3v) is 7.93. The van der Waals surface area contributed by atoms with E-state index in [0.29, 0.717) is 41.5 Å². The first kappa shape index (κ1) is 21.8. The summed E-state index contributed by atoms with van der Waals surface area (Å²) in [6, 6.07) is 5.06. The van der Waals surface area contributed by atoms with Crippen molar-refractivity contribution in [3.05, 3.63) is 57.2 Å². The van der Waals surface area contributed by atoms with E-state index in [0.717, 1.165) is 54.0 Å². The number of amides is 1. The Balaban J connectivity index is 1.26. The van der Waals surface area contributed by atoms with Crippen LogP contribution in [-0.2, 0) is 13.1 Å². The lowest BCUT2D eigenvalue weighted by Crippen LogP contribution is -2.51. The van der Waals surface area contributed by atoms with Crippen LogP contribution in [0.5, 0.6) is 5.75 Å². The van der Waals surface area contributed by atoms with Gasteiger partial charge in [-0.25, -0.2) is 13.9 Å². The number of fused-ring (bicyclic) bond motifs is 5. The van der Waals surface area contributed by atoms with Gasteiger partial charge in [-0.15, -0.1) is 0 Å². The van der Waals surface area contributed by atoms with Crippen LogP contribution in [0.1, 0.15) is 65.1 Å². The largest absolute Gasteiger partial charge is 0.489 e. The van der Waals surface area contributed by atoms with Crippen molar-refractivity contribution in [2.75, 3.05) is 0 Å². The van der Waals surface area contributed by atoms with Gasteiger partial charge < -0.3 is 15.0 Å².